The number of hydrogen-bond acceptors (Lipinski definition) is 2. The zero-order valence-electron chi connectivity index (χ0n) is 11.3. The summed E-state index contributed by atoms with van der Waals surface area (Å²) in [6, 6.07) is 5.26. The molecule has 0 aromatic heterocycles. The molecule has 1 fully saturated rings. The molecule has 0 saturated carbocycles. The Morgan fingerprint density at radius 1 is 1.33 bits per heavy atom. The summed E-state index contributed by atoms with van der Waals surface area (Å²) in [6.07, 6.45) is 2.97. The summed E-state index contributed by atoms with van der Waals surface area (Å²) in [5.74, 6) is -0.186. The molecule has 0 bridgehead atoms. The highest BCUT2D eigenvalue weighted by molar-refractivity contribution is 5.27. The topological polar surface area (TPSA) is 18.5 Å². The van der Waals surface area contributed by atoms with Gasteiger partial charge < -0.3 is 9.47 Å². The van der Waals surface area contributed by atoms with Crippen molar-refractivity contribution in [3.63, 3.8) is 0 Å². The zero-order valence-corrected chi connectivity index (χ0v) is 11.3. The molecule has 100 valence electrons. The van der Waals surface area contributed by atoms with Crippen LogP contribution in [-0.2, 0) is 15.1 Å². The number of benzene rings is 1. The average molecular weight is 252 g/mol. The monoisotopic (exact) mass is 252 g/mol. The molecule has 0 spiro atoms. The summed E-state index contributed by atoms with van der Waals surface area (Å²) in [7, 11) is 0. The third-order valence-corrected chi connectivity index (χ3v) is 3.43. The fraction of sp³-hybridized carbons (Fsp3) is 0.600. The highest BCUT2D eigenvalue weighted by Crippen LogP contribution is 2.30. The van der Waals surface area contributed by atoms with Crippen molar-refractivity contribution in [1.82, 2.24) is 0 Å². The van der Waals surface area contributed by atoms with Gasteiger partial charge in [0.2, 0.25) is 0 Å². The molecule has 2 nitrogen and oxygen atoms in total. The van der Waals surface area contributed by atoms with Crippen LogP contribution in [0.4, 0.5) is 4.39 Å². The Bertz CT molecular complexity index is 409. The maximum Gasteiger partial charge on any atom is 0.158 e. The Labute approximate surface area is 108 Å². The van der Waals surface area contributed by atoms with E-state index in [1.807, 2.05) is 19.9 Å². The summed E-state index contributed by atoms with van der Waals surface area (Å²) in [5, 5.41) is 0. The van der Waals surface area contributed by atoms with Gasteiger partial charge in [-0.25, -0.2) is 4.39 Å². The van der Waals surface area contributed by atoms with E-state index in [0.29, 0.717) is 5.56 Å². The van der Waals surface area contributed by atoms with Gasteiger partial charge in [-0.2, -0.15) is 0 Å². The lowest BCUT2D eigenvalue weighted by Gasteiger charge is -2.33. The number of aryl methyl sites for hydroxylation is 1. The van der Waals surface area contributed by atoms with Gasteiger partial charge in [0.25, 0.3) is 0 Å². The molecular formula is C15H21FO2. The van der Waals surface area contributed by atoms with Crippen molar-refractivity contribution >= 4 is 0 Å². The lowest BCUT2D eigenvalue weighted by atomic mass is 9.96. The quantitative estimate of drug-likeness (QED) is 0.812. The van der Waals surface area contributed by atoms with E-state index in [9.17, 15) is 4.39 Å². The van der Waals surface area contributed by atoms with Gasteiger partial charge in [0.1, 0.15) is 5.82 Å². The number of rotatable bonds is 3. The fourth-order valence-electron chi connectivity index (χ4n) is 2.17. The molecule has 1 saturated heterocycles. The van der Waals surface area contributed by atoms with E-state index in [2.05, 4.69) is 0 Å². The number of halogens is 1. The summed E-state index contributed by atoms with van der Waals surface area (Å²) < 4.78 is 25.1. The highest BCUT2D eigenvalue weighted by Gasteiger charge is 2.28. The van der Waals surface area contributed by atoms with E-state index >= 15 is 0 Å². The lowest BCUT2D eigenvalue weighted by Crippen LogP contribution is -2.32. The first-order valence-corrected chi connectivity index (χ1v) is 6.55. The lowest BCUT2D eigenvalue weighted by molar-refractivity contribution is -0.219. The van der Waals surface area contributed by atoms with Gasteiger partial charge in [-0.3, -0.25) is 0 Å². The van der Waals surface area contributed by atoms with Gasteiger partial charge in [0.15, 0.2) is 6.29 Å². The van der Waals surface area contributed by atoms with Crippen molar-refractivity contribution < 1.29 is 13.9 Å². The minimum atomic E-state index is -0.531. The first-order chi connectivity index (χ1) is 8.49. The van der Waals surface area contributed by atoms with Gasteiger partial charge in [-0.15, -0.1) is 0 Å². The molecule has 1 aliphatic rings. The van der Waals surface area contributed by atoms with E-state index < -0.39 is 5.60 Å². The molecule has 1 aromatic carbocycles. The Morgan fingerprint density at radius 3 is 2.72 bits per heavy atom. The van der Waals surface area contributed by atoms with Gasteiger partial charge in [-0.05, 0) is 57.2 Å². The van der Waals surface area contributed by atoms with Crippen molar-refractivity contribution in [1.29, 1.82) is 0 Å². The second kappa shape index (κ2) is 5.37. The molecule has 0 N–H and O–H groups in total. The minimum absolute atomic E-state index is 0.168. The molecule has 1 atom stereocenters. The van der Waals surface area contributed by atoms with Crippen LogP contribution in [0.2, 0.25) is 0 Å². The molecule has 0 aliphatic carbocycles. The normalized spacial score (nSPS) is 21.0. The smallest absolute Gasteiger partial charge is 0.158 e. The zero-order chi connectivity index (χ0) is 13.2. The van der Waals surface area contributed by atoms with Gasteiger partial charge in [0.05, 0.1) is 5.60 Å². The first kappa shape index (κ1) is 13.5. The average Bonchev–Trinajstić information content (AvgIpc) is 2.33. The maximum absolute atomic E-state index is 13.6. The summed E-state index contributed by atoms with van der Waals surface area (Å²) >= 11 is 0. The Balaban J connectivity index is 2.10. The van der Waals surface area contributed by atoms with E-state index in [1.165, 1.54) is 0 Å². The van der Waals surface area contributed by atoms with Crippen molar-refractivity contribution in [2.24, 2.45) is 0 Å². The molecule has 1 heterocycles. The predicted molar refractivity (Wildman–Crippen MR) is 68.8 cm³/mol. The second-order valence-electron chi connectivity index (χ2n) is 5.39. The fourth-order valence-corrected chi connectivity index (χ4v) is 2.17. The molecule has 0 amide bonds. The van der Waals surface area contributed by atoms with Crippen LogP contribution >= 0.6 is 0 Å². The van der Waals surface area contributed by atoms with E-state index in [1.54, 1.807) is 19.1 Å². The van der Waals surface area contributed by atoms with Gasteiger partial charge in [-0.1, -0.05) is 12.1 Å². The Morgan fingerprint density at radius 2 is 2.11 bits per heavy atom. The van der Waals surface area contributed by atoms with Crippen LogP contribution in [0, 0.1) is 12.7 Å². The Hall–Kier alpha value is -0.930. The molecule has 1 unspecified atom stereocenters. The van der Waals surface area contributed by atoms with E-state index in [0.717, 1.165) is 31.4 Å². The predicted octanol–water partition coefficient (Wildman–Crippen LogP) is 3.91. The molecule has 18 heavy (non-hydrogen) atoms. The van der Waals surface area contributed by atoms with Crippen LogP contribution in [0.3, 0.4) is 0 Å². The molecular weight excluding hydrogens is 231 g/mol. The third-order valence-electron chi connectivity index (χ3n) is 3.43. The summed E-state index contributed by atoms with van der Waals surface area (Å²) in [6.45, 7) is 6.42. The summed E-state index contributed by atoms with van der Waals surface area (Å²) in [4.78, 5) is 0. The largest absolute Gasteiger partial charge is 0.353 e. The van der Waals surface area contributed by atoms with Crippen LogP contribution in [0.1, 0.15) is 44.2 Å². The van der Waals surface area contributed by atoms with Crippen LogP contribution in [-0.4, -0.2) is 12.9 Å². The first-order valence-electron chi connectivity index (χ1n) is 6.55. The minimum Gasteiger partial charge on any atom is -0.353 e. The van der Waals surface area contributed by atoms with E-state index in [-0.39, 0.29) is 12.1 Å². The van der Waals surface area contributed by atoms with Crippen molar-refractivity contribution in [3.8, 4) is 0 Å². The van der Waals surface area contributed by atoms with Crippen molar-refractivity contribution in [3.05, 3.63) is 35.1 Å². The highest BCUT2D eigenvalue weighted by atomic mass is 19.1. The SMILES string of the molecule is Cc1ccc(C(C)(C)OC2CCCCO2)cc1F. The molecule has 3 heteroatoms. The molecule has 0 radical (unpaired) electrons. The Kier molecular flexibility index (Phi) is 4.03. The maximum atomic E-state index is 13.6. The molecule has 1 aromatic rings. The van der Waals surface area contributed by atoms with Crippen molar-refractivity contribution in [2.75, 3.05) is 6.61 Å². The number of hydrogen-bond donors (Lipinski definition) is 0. The third kappa shape index (κ3) is 3.09. The van der Waals surface area contributed by atoms with Crippen LogP contribution in [0.5, 0.6) is 0 Å². The molecule has 1 aliphatic heterocycles. The summed E-state index contributed by atoms with van der Waals surface area (Å²) in [5.41, 5.74) is 0.972. The van der Waals surface area contributed by atoms with E-state index in [4.69, 9.17) is 9.47 Å². The second-order valence-corrected chi connectivity index (χ2v) is 5.39. The van der Waals surface area contributed by atoms with Gasteiger partial charge in [0, 0.05) is 6.61 Å². The number of ether oxygens (including phenoxy) is 2. The van der Waals surface area contributed by atoms with Crippen LogP contribution in [0.25, 0.3) is 0 Å². The van der Waals surface area contributed by atoms with Gasteiger partial charge >= 0.3 is 0 Å². The van der Waals surface area contributed by atoms with Crippen LogP contribution in [0.15, 0.2) is 18.2 Å². The molecule has 2 rings (SSSR count). The van der Waals surface area contributed by atoms with Crippen LogP contribution < -0.4 is 0 Å². The van der Waals surface area contributed by atoms with Crippen molar-refractivity contribution in [2.45, 2.75) is 51.9 Å². The standard InChI is InChI=1S/C15H21FO2/c1-11-7-8-12(10-13(11)16)15(2,3)18-14-6-4-5-9-17-14/h7-8,10,14H,4-6,9H2,1-3H3.